The van der Waals surface area contributed by atoms with Crippen molar-refractivity contribution in [2.45, 2.75) is 121 Å². The third-order valence-corrected chi connectivity index (χ3v) is 10.9. The number of hydrogen-bond acceptors (Lipinski definition) is 7. The minimum atomic E-state index is -1.22. The van der Waals surface area contributed by atoms with E-state index >= 15 is 0 Å². The number of carbonyl (C=O) groups excluding carboxylic acids is 6. The van der Waals surface area contributed by atoms with E-state index < -0.39 is 63.2 Å². The number of ketones is 4. The number of amides is 2. The van der Waals surface area contributed by atoms with E-state index in [0.717, 1.165) is 11.1 Å². The number of hydrogen-bond donors (Lipinski definition) is 1. The normalized spacial score (nSPS) is 22.2. The van der Waals surface area contributed by atoms with Gasteiger partial charge in [-0.3, -0.25) is 24.0 Å². The van der Waals surface area contributed by atoms with E-state index in [-0.39, 0.29) is 61.7 Å². The number of Topliss-reactive ketones (excluding diaryl/α,β-unsaturated/α-hetero) is 4. The van der Waals surface area contributed by atoms with Crippen molar-refractivity contribution in [3.05, 3.63) is 48.0 Å². The van der Waals surface area contributed by atoms with Crippen LogP contribution >= 0.6 is 23.2 Å². The summed E-state index contributed by atoms with van der Waals surface area (Å²) in [5.74, 6) is -4.21. The molecule has 4 rings (SSSR count). The molecule has 1 N–H and O–H groups in total. The SMILES string of the molecule is C=CCCC(CC(=O)[C@@H]1[C@@H]2[C@H](CN1C(=O)[C@@H](NC(=O)OC(C)(C)C)C1Cc3ccccc3C1)C2(Cl)Cl)C(=O)C(=O)CCCC(=O)CC(C)(C)C. The van der Waals surface area contributed by atoms with Gasteiger partial charge in [0.15, 0.2) is 11.6 Å². The molecule has 1 aromatic rings. The minimum Gasteiger partial charge on any atom is -0.444 e. The predicted octanol–water partition coefficient (Wildman–Crippen LogP) is 6.78. The number of allylic oxidation sites excluding steroid dienone is 1. The van der Waals surface area contributed by atoms with Crippen molar-refractivity contribution >= 4 is 58.3 Å². The maximum absolute atomic E-state index is 14.5. The van der Waals surface area contributed by atoms with Gasteiger partial charge in [0.05, 0.1) is 6.04 Å². The largest absolute Gasteiger partial charge is 0.444 e. The first-order chi connectivity index (χ1) is 23.2. The Kier molecular flexibility index (Phi) is 12.5. The first-order valence-electron chi connectivity index (χ1n) is 17.7. The highest BCUT2D eigenvalue weighted by Gasteiger charge is 2.73. The lowest BCUT2D eigenvalue weighted by Gasteiger charge is -2.35. The summed E-state index contributed by atoms with van der Waals surface area (Å²) in [4.78, 5) is 82.0. The van der Waals surface area contributed by atoms with Crippen molar-refractivity contribution in [3.8, 4) is 0 Å². The highest BCUT2D eigenvalue weighted by atomic mass is 35.5. The summed E-state index contributed by atoms with van der Waals surface area (Å²) in [5.41, 5.74) is 1.21. The molecule has 1 saturated carbocycles. The lowest BCUT2D eigenvalue weighted by molar-refractivity contribution is -0.143. The Morgan fingerprint density at radius 2 is 1.64 bits per heavy atom. The number of nitrogens with one attached hydrogen (secondary N) is 1. The van der Waals surface area contributed by atoms with Crippen LogP contribution in [0.3, 0.4) is 0 Å². The topological polar surface area (TPSA) is 127 Å². The van der Waals surface area contributed by atoms with Gasteiger partial charge < -0.3 is 15.0 Å². The Hall–Kier alpha value is -3.04. The molecule has 1 aromatic carbocycles. The molecule has 0 spiro atoms. The van der Waals surface area contributed by atoms with Crippen molar-refractivity contribution in [1.82, 2.24) is 10.2 Å². The Morgan fingerprint density at radius 1 is 1.02 bits per heavy atom. The van der Waals surface area contributed by atoms with E-state index in [1.54, 1.807) is 26.8 Å². The zero-order valence-electron chi connectivity index (χ0n) is 30.2. The summed E-state index contributed by atoms with van der Waals surface area (Å²) in [5, 5.41) is 2.82. The van der Waals surface area contributed by atoms with Crippen LogP contribution in [0.2, 0.25) is 0 Å². The number of alkyl carbamates (subject to hydrolysis) is 1. The van der Waals surface area contributed by atoms with Crippen molar-refractivity contribution in [2.24, 2.45) is 29.1 Å². The van der Waals surface area contributed by atoms with Crippen molar-refractivity contribution in [2.75, 3.05) is 6.54 Å². The molecule has 2 amide bonds. The van der Waals surface area contributed by atoms with E-state index in [2.05, 4.69) is 11.9 Å². The average molecular weight is 732 g/mol. The molecule has 1 unspecified atom stereocenters. The summed E-state index contributed by atoms with van der Waals surface area (Å²) in [6, 6.07) is 5.85. The zero-order chi connectivity index (χ0) is 37.2. The van der Waals surface area contributed by atoms with E-state index in [1.807, 2.05) is 45.0 Å². The van der Waals surface area contributed by atoms with E-state index in [4.69, 9.17) is 27.9 Å². The van der Waals surface area contributed by atoms with Gasteiger partial charge in [-0.05, 0) is 75.3 Å². The van der Waals surface area contributed by atoms with Gasteiger partial charge in [-0.1, -0.05) is 51.1 Å². The maximum atomic E-state index is 14.5. The van der Waals surface area contributed by atoms with Crippen LogP contribution in [-0.2, 0) is 41.6 Å². The maximum Gasteiger partial charge on any atom is 0.408 e. The molecule has 1 saturated heterocycles. The summed E-state index contributed by atoms with van der Waals surface area (Å²) in [7, 11) is 0. The first-order valence-corrected chi connectivity index (χ1v) is 18.5. The number of fused-ring (bicyclic) bond motifs is 2. The Morgan fingerprint density at radius 3 is 2.20 bits per heavy atom. The van der Waals surface area contributed by atoms with Crippen LogP contribution in [0.5, 0.6) is 0 Å². The van der Waals surface area contributed by atoms with Gasteiger partial charge in [0.1, 0.15) is 21.8 Å². The van der Waals surface area contributed by atoms with Crippen molar-refractivity contribution in [1.29, 1.82) is 0 Å². The third-order valence-electron chi connectivity index (χ3n) is 9.84. The van der Waals surface area contributed by atoms with Crippen LogP contribution in [0.4, 0.5) is 4.79 Å². The fraction of sp³-hybridized carbons (Fsp3) is 0.641. The van der Waals surface area contributed by atoms with Crippen LogP contribution in [0.25, 0.3) is 0 Å². The lowest BCUT2D eigenvalue weighted by atomic mass is 9.86. The van der Waals surface area contributed by atoms with Gasteiger partial charge in [0.2, 0.25) is 11.7 Å². The number of likely N-dealkylation sites (tertiary alicyclic amines) is 1. The number of benzene rings is 1. The highest BCUT2D eigenvalue weighted by Crippen LogP contribution is 2.65. The zero-order valence-corrected chi connectivity index (χ0v) is 31.7. The standard InChI is InChI=1S/C39H52Cl2N2O7/c1-8-9-13-25(34(47)29(45)17-12-16-27(44)21-37(2,3)4)20-30(46)33-31-28(39(31,40)41)22-43(33)35(48)32(42-36(49)50-38(5,6)7)26-18-23-14-10-11-15-24(23)19-26/h8,10-11,14-15,25-26,28,31-33H,1,9,12-13,16-22H2,2-7H3,(H,42,49)/t25?,28-,31-,32-,33+/m0/s1. The number of ether oxygens (including phenoxy) is 1. The molecule has 11 heteroatoms. The van der Waals surface area contributed by atoms with Gasteiger partial charge in [-0.25, -0.2) is 4.79 Å². The van der Waals surface area contributed by atoms with E-state index in [1.165, 1.54) is 4.90 Å². The molecule has 0 bridgehead atoms. The molecule has 5 atom stereocenters. The highest BCUT2D eigenvalue weighted by molar-refractivity contribution is 6.51. The molecule has 1 heterocycles. The monoisotopic (exact) mass is 730 g/mol. The molecular formula is C39H52Cl2N2O7. The number of carbonyl (C=O) groups is 6. The van der Waals surface area contributed by atoms with E-state index in [0.29, 0.717) is 25.7 Å². The molecule has 2 aliphatic carbocycles. The molecule has 3 aliphatic rings. The number of alkyl halides is 2. The van der Waals surface area contributed by atoms with E-state index in [9.17, 15) is 28.8 Å². The third kappa shape index (κ3) is 9.84. The summed E-state index contributed by atoms with van der Waals surface area (Å²) < 4.78 is 4.31. The van der Waals surface area contributed by atoms with Gasteiger partial charge in [0.25, 0.3) is 0 Å². The second kappa shape index (κ2) is 15.7. The smallest absolute Gasteiger partial charge is 0.408 e. The molecule has 50 heavy (non-hydrogen) atoms. The van der Waals surface area contributed by atoms with Crippen LogP contribution in [0.1, 0.15) is 97.6 Å². The van der Waals surface area contributed by atoms with Crippen LogP contribution < -0.4 is 5.32 Å². The van der Waals surface area contributed by atoms with Crippen molar-refractivity contribution in [3.63, 3.8) is 0 Å². The Bertz CT molecular complexity index is 1480. The van der Waals surface area contributed by atoms with Crippen molar-refractivity contribution < 1.29 is 33.5 Å². The van der Waals surface area contributed by atoms with Gasteiger partial charge >= 0.3 is 6.09 Å². The van der Waals surface area contributed by atoms with Gasteiger partial charge in [-0.15, -0.1) is 29.8 Å². The predicted molar refractivity (Wildman–Crippen MR) is 193 cm³/mol. The number of nitrogens with zero attached hydrogens (tertiary/aromatic N) is 1. The second-order valence-corrected chi connectivity index (χ2v) is 17.9. The minimum absolute atomic E-state index is 0.0349. The quantitative estimate of drug-likeness (QED) is 0.113. The molecule has 0 radical (unpaired) electrons. The number of rotatable bonds is 16. The van der Waals surface area contributed by atoms with Crippen LogP contribution in [0.15, 0.2) is 36.9 Å². The molecule has 9 nitrogen and oxygen atoms in total. The Balaban J connectivity index is 1.52. The molecule has 0 aromatic heterocycles. The Labute approximate surface area is 306 Å². The first kappa shape index (κ1) is 39.7. The second-order valence-electron chi connectivity index (χ2n) is 16.5. The summed E-state index contributed by atoms with van der Waals surface area (Å²) in [6.45, 7) is 15.0. The number of piperidine rings is 1. The molecule has 274 valence electrons. The molecule has 2 fully saturated rings. The number of halogens is 2. The van der Waals surface area contributed by atoms with Crippen LogP contribution in [-0.4, -0.2) is 68.6 Å². The van der Waals surface area contributed by atoms with Gasteiger partial charge in [-0.2, -0.15) is 0 Å². The van der Waals surface area contributed by atoms with Crippen LogP contribution in [0, 0.1) is 29.1 Å². The summed E-state index contributed by atoms with van der Waals surface area (Å²) in [6.07, 6.45) is 3.11. The lowest BCUT2D eigenvalue weighted by Crippen LogP contribution is -2.57. The summed E-state index contributed by atoms with van der Waals surface area (Å²) >= 11 is 13.2. The molecule has 1 aliphatic heterocycles. The fourth-order valence-corrected chi connectivity index (χ4v) is 8.34. The molecular weight excluding hydrogens is 679 g/mol. The average Bonchev–Trinajstić information content (AvgIpc) is 3.36. The fourth-order valence-electron chi connectivity index (χ4n) is 7.51. The van der Waals surface area contributed by atoms with Gasteiger partial charge in [0, 0.05) is 50.0 Å².